The van der Waals surface area contributed by atoms with E-state index >= 15 is 0 Å². The van der Waals surface area contributed by atoms with Crippen LogP contribution in [-0.4, -0.2) is 22.5 Å². The van der Waals surface area contributed by atoms with E-state index in [2.05, 4.69) is 21.6 Å². The summed E-state index contributed by atoms with van der Waals surface area (Å²) < 4.78 is 4.66. The second-order valence-corrected chi connectivity index (χ2v) is 3.99. The van der Waals surface area contributed by atoms with Crippen molar-refractivity contribution in [1.82, 2.24) is 4.98 Å². The van der Waals surface area contributed by atoms with Crippen molar-refractivity contribution in [1.29, 1.82) is 0 Å². The molecule has 0 saturated carbocycles. The molecule has 0 saturated heterocycles. The summed E-state index contributed by atoms with van der Waals surface area (Å²) in [6, 6.07) is 4.55. The second kappa shape index (κ2) is 5.88. The highest BCUT2D eigenvalue weighted by atomic mass is 16.6. The zero-order chi connectivity index (χ0) is 15.4. The van der Waals surface area contributed by atoms with Crippen LogP contribution in [0.15, 0.2) is 29.2 Å². The van der Waals surface area contributed by atoms with Gasteiger partial charge >= 0.3 is 11.7 Å². The lowest BCUT2D eigenvalue weighted by molar-refractivity contribution is -0.386. The quantitative estimate of drug-likeness (QED) is 0.388. The maximum absolute atomic E-state index is 12.0. The van der Waals surface area contributed by atoms with E-state index in [4.69, 9.17) is 0 Å². The summed E-state index contributed by atoms with van der Waals surface area (Å²) in [5.41, 5.74) is -0.402. The molecule has 7 heteroatoms. The number of rotatable bonds is 2. The fraction of sp³-hybridized carbons (Fsp3) is 0.143. The number of carbonyl (C=O) groups is 1. The van der Waals surface area contributed by atoms with Crippen LogP contribution in [0.5, 0.6) is 0 Å². The van der Waals surface area contributed by atoms with Crippen LogP contribution in [-0.2, 0) is 9.53 Å². The van der Waals surface area contributed by atoms with Crippen molar-refractivity contribution in [2.45, 2.75) is 6.92 Å². The molecular weight excluding hydrogens is 276 g/mol. The van der Waals surface area contributed by atoms with Gasteiger partial charge in [0.25, 0.3) is 5.43 Å². The molecule has 1 aromatic heterocycles. The second-order valence-electron chi connectivity index (χ2n) is 3.99. The van der Waals surface area contributed by atoms with Gasteiger partial charge in [-0.2, -0.15) is 0 Å². The van der Waals surface area contributed by atoms with Gasteiger partial charge in [0.2, 0.25) is 0 Å². The minimum absolute atomic E-state index is 0.139. The molecule has 0 atom stereocenters. The highest BCUT2D eigenvalue weighted by molar-refractivity contribution is 5.89. The molecule has 0 bridgehead atoms. The third-order valence-electron chi connectivity index (χ3n) is 2.64. The van der Waals surface area contributed by atoms with Crippen molar-refractivity contribution in [2.24, 2.45) is 0 Å². The predicted octanol–water partition coefficient (Wildman–Crippen LogP) is 1.35. The zero-order valence-electron chi connectivity index (χ0n) is 11.0. The predicted molar refractivity (Wildman–Crippen MR) is 74.7 cm³/mol. The molecule has 1 heterocycles. The lowest BCUT2D eigenvalue weighted by Gasteiger charge is -1.98. The summed E-state index contributed by atoms with van der Waals surface area (Å²) in [4.78, 5) is 35.8. The van der Waals surface area contributed by atoms with Crippen LogP contribution >= 0.6 is 0 Å². The van der Waals surface area contributed by atoms with E-state index in [1.165, 1.54) is 6.07 Å². The number of esters is 1. The number of pyridine rings is 1. The van der Waals surface area contributed by atoms with E-state index in [9.17, 15) is 19.7 Å². The highest BCUT2D eigenvalue weighted by Gasteiger charge is 2.14. The third-order valence-corrected chi connectivity index (χ3v) is 2.64. The van der Waals surface area contributed by atoms with Gasteiger partial charge in [-0.3, -0.25) is 14.9 Å². The number of aromatic nitrogens is 1. The van der Waals surface area contributed by atoms with Crippen LogP contribution in [0.4, 0.5) is 5.69 Å². The number of nitrogens with zero attached hydrogens (tertiary/aromatic N) is 1. The van der Waals surface area contributed by atoms with Gasteiger partial charge in [0, 0.05) is 17.0 Å². The van der Waals surface area contributed by atoms with E-state index in [1.54, 1.807) is 19.1 Å². The SMILES string of the molecule is CCOC(=O)C#Cc1ccc2[nH]cc([N+](=O)[O-])c(=O)c2c1. The van der Waals surface area contributed by atoms with Crippen molar-refractivity contribution >= 4 is 22.6 Å². The Hall–Kier alpha value is -3.14. The van der Waals surface area contributed by atoms with Gasteiger partial charge in [0.05, 0.1) is 23.1 Å². The topological polar surface area (TPSA) is 102 Å². The van der Waals surface area contributed by atoms with Gasteiger partial charge in [-0.25, -0.2) is 4.79 Å². The van der Waals surface area contributed by atoms with Crippen LogP contribution in [0.1, 0.15) is 12.5 Å². The molecule has 0 fully saturated rings. The Kier molecular flexibility index (Phi) is 4.00. The van der Waals surface area contributed by atoms with Crippen molar-refractivity contribution in [2.75, 3.05) is 6.61 Å². The third kappa shape index (κ3) is 3.06. The molecule has 0 aliphatic heterocycles. The Labute approximate surface area is 118 Å². The summed E-state index contributed by atoms with van der Waals surface area (Å²) in [7, 11) is 0. The van der Waals surface area contributed by atoms with E-state index < -0.39 is 22.0 Å². The molecule has 7 nitrogen and oxygen atoms in total. The first kappa shape index (κ1) is 14.3. The highest BCUT2D eigenvalue weighted by Crippen LogP contribution is 2.13. The Balaban J connectivity index is 2.50. The molecule has 106 valence electrons. The number of hydrogen-bond acceptors (Lipinski definition) is 5. The first-order valence-electron chi connectivity index (χ1n) is 6.01. The van der Waals surface area contributed by atoms with Crippen LogP contribution < -0.4 is 5.43 Å². The minimum atomic E-state index is -0.755. The van der Waals surface area contributed by atoms with Gasteiger partial charge in [0.1, 0.15) is 0 Å². The largest absolute Gasteiger partial charge is 0.456 e. The summed E-state index contributed by atoms with van der Waals surface area (Å²) in [6.45, 7) is 1.88. The Morgan fingerprint density at radius 1 is 1.48 bits per heavy atom. The van der Waals surface area contributed by atoms with Crippen molar-refractivity contribution in [3.63, 3.8) is 0 Å². The number of nitro groups is 1. The monoisotopic (exact) mass is 286 g/mol. The Morgan fingerprint density at radius 2 is 2.24 bits per heavy atom. The number of benzene rings is 1. The maximum Gasteiger partial charge on any atom is 0.384 e. The number of carbonyl (C=O) groups excluding carboxylic acids is 1. The standard InChI is InChI=1S/C14H10N2O5/c1-2-21-13(17)6-4-9-3-5-11-10(7-9)14(18)12(8-15-11)16(19)20/h3,5,7-8H,2H2,1H3,(H,15,18). The molecular formula is C14H10N2O5. The molecule has 2 aromatic rings. The van der Waals surface area contributed by atoms with E-state index in [0.717, 1.165) is 6.20 Å². The number of fused-ring (bicyclic) bond motifs is 1. The molecule has 0 aliphatic carbocycles. The molecule has 1 aromatic carbocycles. The number of H-pyrrole nitrogens is 1. The summed E-state index contributed by atoms with van der Waals surface area (Å²) in [6.07, 6.45) is 1.05. The van der Waals surface area contributed by atoms with Gasteiger partial charge in [-0.1, -0.05) is 5.92 Å². The smallest absolute Gasteiger partial charge is 0.384 e. The molecule has 21 heavy (non-hydrogen) atoms. The van der Waals surface area contributed by atoms with E-state index in [0.29, 0.717) is 11.1 Å². The summed E-state index contributed by atoms with van der Waals surface area (Å²) >= 11 is 0. The van der Waals surface area contributed by atoms with Gasteiger partial charge < -0.3 is 9.72 Å². The summed E-state index contributed by atoms with van der Waals surface area (Å²) in [5.74, 6) is 4.14. The maximum atomic E-state index is 12.0. The van der Waals surface area contributed by atoms with Gasteiger partial charge in [0.15, 0.2) is 0 Å². The molecule has 0 aliphatic rings. The van der Waals surface area contributed by atoms with E-state index in [-0.39, 0.29) is 12.0 Å². The van der Waals surface area contributed by atoms with Crippen molar-refractivity contribution < 1.29 is 14.5 Å². The average Bonchev–Trinajstić information content (AvgIpc) is 2.45. The molecule has 0 amide bonds. The lowest BCUT2D eigenvalue weighted by Crippen LogP contribution is -2.09. The van der Waals surface area contributed by atoms with Gasteiger partial charge in [-0.05, 0) is 25.1 Å². The van der Waals surface area contributed by atoms with Crippen LogP contribution in [0.3, 0.4) is 0 Å². The van der Waals surface area contributed by atoms with Crippen LogP contribution in [0.2, 0.25) is 0 Å². The fourth-order valence-electron chi connectivity index (χ4n) is 1.71. The Morgan fingerprint density at radius 3 is 2.90 bits per heavy atom. The molecule has 0 spiro atoms. The van der Waals surface area contributed by atoms with Crippen molar-refractivity contribution in [3.8, 4) is 11.8 Å². The number of ether oxygens (including phenoxy) is 1. The van der Waals surface area contributed by atoms with E-state index in [1.807, 2.05) is 0 Å². The number of nitrogens with one attached hydrogen (secondary N) is 1. The molecule has 2 rings (SSSR count). The van der Waals surface area contributed by atoms with Crippen LogP contribution in [0.25, 0.3) is 10.9 Å². The molecule has 0 unspecified atom stereocenters. The lowest BCUT2D eigenvalue weighted by atomic mass is 10.1. The first-order valence-corrected chi connectivity index (χ1v) is 6.01. The molecule has 1 N–H and O–H groups in total. The minimum Gasteiger partial charge on any atom is -0.456 e. The Bertz CT molecular complexity index is 842. The fourth-order valence-corrected chi connectivity index (χ4v) is 1.71. The number of hydrogen-bond donors (Lipinski definition) is 1. The van der Waals surface area contributed by atoms with Gasteiger partial charge in [-0.15, -0.1) is 0 Å². The van der Waals surface area contributed by atoms with Crippen molar-refractivity contribution in [3.05, 3.63) is 50.3 Å². The molecule has 0 radical (unpaired) electrons. The zero-order valence-corrected chi connectivity index (χ0v) is 11.0. The first-order chi connectivity index (χ1) is 10.0. The average molecular weight is 286 g/mol. The normalized spacial score (nSPS) is 9.76. The van der Waals surface area contributed by atoms with Crippen LogP contribution in [0, 0.1) is 22.0 Å². The summed E-state index contributed by atoms with van der Waals surface area (Å²) in [5, 5.41) is 10.9. The number of aromatic amines is 1.